The number of hydrogen-bond donors (Lipinski definition) is 1. The summed E-state index contributed by atoms with van der Waals surface area (Å²) >= 11 is 7.20. The van der Waals surface area contributed by atoms with Crippen molar-refractivity contribution in [1.82, 2.24) is 4.90 Å². The van der Waals surface area contributed by atoms with E-state index in [9.17, 15) is 14.4 Å². The molecule has 0 aliphatic carbocycles. The van der Waals surface area contributed by atoms with Crippen LogP contribution >= 0.6 is 23.4 Å². The Morgan fingerprint density at radius 3 is 2.45 bits per heavy atom. The molecule has 3 rings (SSSR count). The fraction of sp³-hybridized carbons (Fsp3) is 0.190. The largest absolute Gasteiger partial charge is 0.487 e. The summed E-state index contributed by atoms with van der Waals surface area (Å²) in [5, 5.41) is 9.01. The van der Waals surface area contributed by atoms with Crippen molar-refractivity contribution in [3.05, 3.63) is 69.1 Å². The number of carbonyl (C=O) groups excluding carboxylic acids is 2. The number of carboxylic acid groups (broad SMARTS) is 1. The van der Waals surface area contributed by atoms with Gasteiger partial charge in [0.1, 0.15) is 12.4 Å². The molecule has 2 aromatic rings. The number of ether oxygens (including phenoxy) is 1. The summed E-state index contributed by atoms with van der Waals surface area (Å²) in [4.78, 5) is 36.8. The van der Waals surface area contributed by atoms with Crippen LogP contribution in [0.1, 0.15) is 35.3 Å². The highest BCUT2D eigenvalue weighted by molar-refractivity contribution is 8.18. The molecular weight excluding hydrogens is 414 g/mol. The van der Waals surface area contributed by atoms with Crippen LogP contribution in [0.2, 0.25) is 5.02 Å². The number of imide groups is 1. The second kappa shape index (κ2) is 8.71. The first kappa shape index (κ1) is 21.0. The Morgan fingerprint density at radius 2 is 1.90 bits per heavy atom. The van der Waals surface area contributed by atoms with Gasteiger partial charge in [-0.15, -0.1) is 0 Å². The van der Waals surface area contributed by atoms with Crippen LogP contribution in [0, 0.1) is 0 Å². The van der Waals surface area contributed by atoms with E-state index in [1.807, 2.05) is 0 Å². The normalized spacial score (nSPS) is 15.4. The predicted octanol–water partition coefficient (Wildman–Crippen LogP) is 5.06. The third-order valence-corrected chi connectivity index (χ3v) is 5.37. The van der Waals surface area contributed by atoms with Gasteiger partial charge in [0, 0.05) is 6.04 Å². The Morgan fingerprint density at radius 1 is 1.21 bits per heavy atom. The number of aromatic carboxylic acids is 1. The van der Waals surface area contributed by atoms with Gasteiger partial charge >= 0.3 is 5.97 Å². The highest BCUT2D eigenvalue weighted by atomic mass is 35.5. The zero-order valence-electron chi connectivity index (χ0n) is 15.7. The Bertz CT molecular complexity index is 1000. The summed E-state index contributed by atoms with van der Waals surface area (Å²) in [6.45, 7) is 3.81. The quantitative estimate of drug-likeness (QED) is 0.643. The van der Waals surface area contributed by atoms with Gasteiger partial charge in [-0.05, 0) is 67.1 Å². The highest BCUT2D eigenvalue weighted by Gasteiger charge is 2.36. The number of benzene rings is 2. The second-order valence-corrected chi connectivity index (χ2v) is 8.03. The molecule has 0 spiro atoms. The first-order valence-corrected chi connectivity index (χ1v) is 9.97. The number of nitrogens with zero attached hydrogens (tertiary/aromatic N) is 1. The van der Waals surface area contributed by atoms with Crippen molar-refractivity contribution >= 4 is 46.6 Å². The molecule has 2 aromatic carbocycles. The molecule has 0 saturated carbocycles. The fourth-order valence-electron chi connectivity index (χ4n) is 2.70. The second-order valence-electron chi connectivity index (χ2n) is 6.63. The van der Waals surface area contributed by atoms with E-state index in [2.05, 4.69) is 0 Å². The molecule has 2 amide bonds. The first-order valence-electron chi connectivity index (χ1n) is 8.78. The summed E-state index contributed by atoms with van der Waals surface area (Å²) in [6.07, 6.45) is 1.63. The van der Waals surface area contributed by atoms with Gasteiger partial charge in [0.2, 0.25) is 0 Å². The minimum Gasteiger partial charge on any atom is -0.487 e. The number of amides is 2. The van der Waals surface area contributed by atoms with Gasteiger partial charge in [0.05, 0.1) is 15.5 Å². The first-order chi connectivity index (χ1) is 13.8. The smallest absolute Gasteiger partial charge is 0.335 e. The average Bonchev–Trinajstić information content (AvgIpc) is 2.94. The number of thioether (sulfide) groups is 1. The summed E-state index contributed by atoms with van der Waals surface area (Å²) < 4.78 is 5.70. The molecular formula is C21H18ClNO5S. The molecule has 150 valence electrons. The van der Waals surface area contributed by atoms with Gasteiger partial charge in [0.15, 0.2) is 0 Å². The van der Waals surface area contributed by atoms with Gasteiger partial charge in [0.25, 0.3) is 11.1 Å². The minimum absolute atomic E-state index is 0.197. The van der Waals surface area contributed by atoms with E-state index in [1.165, 1.54) is 17.0 Å². The lowest BCUT2D eigenvalue weighted by atomic mass is 10.1. The Kier molecular flexibility index (Phi) is 6.30. The van der Waals surface area contributed by atoms with Crippen LogP contribution in [0.3, 0.4) is 0 Å². The van der Waals surface area contributed by atoms with Gasteiger partial charge in [-0.25, -0.2) is 4.79 Å². The van der Waals surface area contributed by atoms with E-state index in [1.54, 1.807) is 50.3 Å². The maximum Gasteiger partial charge on any atom is 0.335 e. The third kappa shape index (κ3) is 4.81. The molecule has 6 nitrogen and oxygen atoms in total. The van der Waals surface area contributed by atoms with Crippen LogP contribution in [0.5, 0.6) is 5.75 Å². The number of halogens is 1. The van der Waals surface area contributed by atoms with Crippen LogP contribution in [0.25, 0.3) is 6.08 Å². The molecule has 0 aromatic heterocycles. The van der Waals surface area contributed by atoms with E-state index >= 15 is 0 Å². The SMILES string of the molecule is CC(C)N1C(=O)S/C(=C\c2ccc(OCc3ccc(C(=O)O)cc3)c(Cl)c2)C1=O. The lowest BCUT2D eigenvalue weighted by Crippen LogP contribution is -2.34. The molecule has 0 atom stereocenters. The topological polar surface area (TPSA) is 83.9 Å². The molecule has 1 N–H and O–H groups in total. The molecule has 0 bridgehead atoms. The van der Waals surface area contributed by atoms with Gasteiger partial charge < -0.3 is 9.84 Å². The number of rotatable bonds is 6. The minimum atomic E-state index is -0.984. The molecule has 1 aliphatic rings. The Hall–Kier alpha value is -2.77. The molecule has 1 saturated heterocycles. The molecule has 0 unspecified atom stereocenters. The van der Waals surface area contributed by atoms with Crippen LogP contribution in [-0.4, -0.2) is 33.2 Å². The Labute approximate surface area is 177 Å². The average molecular weight is 432 g/mol. The molecule has 1 fully saturated rings. The zero-order chi connectivity index (χ0) is 21.1. The standard InChI is InChI=1S/C21H18ClNO5S/c1-12(2)23-19(24)18(29-21(23)27)10-14-5-8-17(16(22)9-14)28-11-13-3-6-15(7-4-13)20(25)26/h3-10,12H,11H2,1-2H3,(H,25,26)/b18-10-. The fourth-order valence-corrected chi connectivity index (χ4v) is 3.91. The van der Waals surface area contributed by atoms with Gasteiger partial charge in [-0.1, -0.05) is 29.8 Å². The van der Waals surface area contributed by atoms with Crippen molar-refractivity contribution in [2.45, 2.75) is 26.5 Å². The number of carboxylic acids is 1. The molecule has 8 heteroatoms. The summed E-state index contributed by atoms with van der Waals surface area (Å²) in [6, 6.07) is 11.3. The van der Waals surface area contributed by atoms with Crippen LogP contribution < -0.4 is 4.74 Å². The van der Waals surface area contributed by atoms with E-state index in [4.69, 9.17) is 21.4 Å². The van der Waals surface area contributed by atoms with E-state index in [0.29, 0.717) is 21.2 Å². The van der Waals surface area contributed by atoms with E-state index < -0.39 is 5.97 Å². The van der Waals surface area contributed by atoms with Crippen molar-refractivity contribution in [1.29, 1.82) is 0 Å². The number of hydrogen-bond acceptors (Lipinski definition) is 5. The predicted molar refractivity (Wildman–Crippen MR) is 112 cm³/mol. The van der Waals surface area contributed by atoms with Crippen molar-refractivity contribution in [2.24, 2.45) is 0 Å². The summed E-state index contributed by atoms with van der Waals surface area (Å²) in [5.41, 5.74) is 1.69. The van der Waals surface area contributed by atoms with Crippen LogP contribution in [0.4, 0.5) is 4.79 Å². The number of carbonyl (C=O) groups is 3. The third-order valence-electron chi connectivity index (χ3n) is 4.19. The lowest BCUT2D eigenvalue weighted by molar-refractivity contribution is -0.123. The van der Waals surface area contributed by atoms with E-state index in [0.717, 1.165) is 17.3 Å². The Balaban J connectivity index is 1.70. The zero-order valence-corrected chi connectivity index (χ0v) is 17.3. The molecule has 1 heterocycles. The molecule has 29 heavy (non-hydrogen) atoms. The van der Waals surface area contributed by atoms with Crippen LogP contribution in [0.15, 0.2) is 47.4 Å². The molecule has 1 aliphatic heterocycles. The van der Waals surface area contributed by atoms with Gasteiger partial charge in [-0.2, -0.15) is 0 Å². The van der Waals surface area contributed by atoms with Crippen molar-refractivity contribution in [3.8, 4) is 5.75 Å². The van der Waals surface area contributed by atoms with Gasteiger partial charge in [-0.3, -0.25) is 14.5 Å². The lowest BCUT2D eigenvalue weighted by Gasteiger charge is -2.16. The van der Waals surface area contributed by atoms with Crippen molar-refractivity contribution in [3.63, 3.8) is 0 Å². The van der Waals surface area contributed by atoms with Crippen molar-refractivity contribution in [2.75, 3.05) is 0 Å². The maximum atomic E-state index is 12.4. The van der Waals surface area contributed by atoms with E-state index in [-0.39, 0.29) is 29.4 Å². The van der Waals surface area contributed by atoms with Crippen LogP contribution in [-0.2, 0) is 11.4 Å². The summed E-state index contributed by atoms with van der Waals surface area (Å²) in [5.74, 6) is -0.833. The maximum absolute atomic E-state index is 12.4. The summed E-state index contributed by atoms with van der Waals surface area (Å²) in [7, 11) is 0. The monoisotopic (exact) mass is 431 g/mol. The molecule has 0 radical (unpaired) electrons. The van der Waals surface area contributed by atoms with Crippen molar-refractivity contribution < 1.29 is 24.2 Å². The highest BCUT2D eigenvalue weighted by Crippen LogP contribution is 2.34.